The molecule has 1 saturated heterocycles. The first-order valence-corrected chi connectivity index (χ1v) is 12.8. The molecule has 3 aliphatic rings. The summed E-state index contributed by atoms with van der Waals surface area (Å²) in [6, 6.07) is 9.89. The molecular formula is C29H34N4O2. The van der Waals surface area contributed by atoms with E-state index in [0.717, 1.165) is 54.9 Å². The van der Waals surface area contributed by atoms with E-state index in [4.69, 9.17) is 0 Å². The van der Waals surface area contributed by atoms with Gasteiger partial charge >= 0.3 is 0 Å². The Kier molecular flexibility index (Phi) is 6.23. The van der Waals surface area contributed by atoms with Gasteiger partial charge in [0.15, 0.2) is 5.78 Å². The Balaban J connectivity index is 1.25. The van der Waals surface area contributed by atoms with E-state index in [2.05, 4.69) is 27.8 Å². The normalized spacial score (nSPS) is 21.4. The molecule has 3 fully saturated rings. The zero-order chi connectivity index (χ0) is 24.7. The number of pyridine rings is 1. The van der Waals surface area contributed by atoms with Gasteiger partial charge in [-0.25, -0.2) is 0 Å². The first kappa shape index (κ1) is 23.7. The molecule has 5 rings (SSSR count). The summed E-state index contributed by atoms with van der Waals surface area (Å²) in [5, 5.41) is 9.62. The molecule has 0 N–H and O–H groups in total. The maximum absolute atomic E-state index is 13.0. The van der Waals surface area contributed by atoms with Crippen LogP contribution in [0.3, 0.4) is 0 Å². The first-order valence-electron chi connectivity index (χ1n) is 12.8. The molecular weight excluding hydrogens is 436 g/mol. The number of piperazine rings is 1. The van der Waals surface area contributed by atoms with E-state index in [1.54, 1.807) is 6.20 Å². The highest BCUT2D eigenvalue weighted by Crippen LogP contribution is 2.63. The number of nitrogens with zero attached hydrogens (tertiary/aromatic N) is 4. The summed E-state index contributed by atoms with van der Waals surface area (Å²) in [7, 11) is 0. The molecule has 35 heavy (non-hydrogen) atoms. The van der Waals surface area contributed by atoms with Gasteiger partial charge in [-0.05, 0) is 92.8 Å². The molecule has 0 radical (unpaired) electrons. The van der Waals surface area contributed by atoms with Gasteiger partial charge in [-0.1, -0.05) is 0 Å². The van der Waals surface area contributed by atoms with Gasteiger partial charge in [0.25, 0.3) is 0 Å². The summed E-state index contributed by atoms with van der Waals surface area (Å²) in [6.45, 7) is 9.21. The Morgan fingerprint density at radius 2 is 1.89 bits per heavy atom. The van der Waals surface area contributed by atoms with Crippen LogP contribution < -0.4 is 0 Å². The number of aromatic nitrogens is 1. The molecule has 1 aromatic carbocycles. The highest BCUT2D eigenvalue weighted by atomic mass is 16.2. The van der Waals surface area contributed by atoms with Gasteiger partial charge in [0.2, 0.25) is 5.91 Å². The van der Waals surface area contributed by atoms with E-state index < -0.39 is 0 Å². The van der Waals surface area contributed by atoms with Gasteiger partial charge in [0, 0.05) is 62.0 Å². The second-order valence-corrected chi connectivity index (χ2v) is 11.0. The molecule has 2 heterocycles. The Bertz CT molecular complexity index is 1180. The number of ketones is 1. The lowest BCUT2D eigenvalue weighted by Gasteiger charge is -2.44. The van der Waals surface area contributed by atoms with Crippen molar-refractivity contribution in [3.05, 3.63) is 64.0 Å². The minimum Gasteiger partial charge on any atom is -0.337 e. The van der Waals surface area contributed by atoms with Crippen molar-refractivity contribution in [2.24, 2.45) is 11.3 Å². The molecule has 0 unspecified atom stereocenters. The van der Waals surface area contributed by atoms with Crippen LogP contribution in [-0.4, -0.2) is 52.2 Å². The minimum absolute atomic E-state index is 0.00589. The quantitative estimate of drug-likeness (QED) is 0.591. The zero-order valence-electron chi connectivity index (χ0n) is 21.0. The Morgan fingerprint density at radius 3 is 2.51 bits per heavy atom. The summed E-state index contributed by atoms with van der Waals surface area (Å²) in [6.07, 6.45) is 6.70. The van der Waals surface area contributed by atoms with E-state index in [9.17, 15) is 14.9 Å². The molecule has 6 nitrogen and oxygen atoms in total. The van der Waals surface area contributed by atoms with Crippen LogP contribution in [0.15, 0.2) is 30.5 Å². The van der Waals surface area contributed by atoms with Crippen molar-refractivity contribution in [1.29, 1.82) is 5.26 Å². The van der Waals surface area contributed by atoms with Gasteiger partial charge in [-0.3, -0.25) is 19.5 Å². The van der Waals surface area contributed by atoms with E-state index in [-0.39, 0.29) is 24.2 Å². The van der Waals surface area contributed by atoms with Crippen LogP contribution in [0.4, 0.5) is 0 Å². The van der Waals surface area contributed by atoms with Crippen LogP contribution in [0, 0.1) is 36.5 Å². The third kappa shape index (κ3) is 4.88. The third-order valence-corrected chi connectivity index (χ3v) is 8.39. The topological polar surface area (TPSA) is 77.3 Å². The van der Waals surface area contributed by atoms with Crippen LogP contribution in [0.5, 0.6) is 0 Å². The van der Waals surface area contributed by atoms with E-state index in [1.165, 1.54) is 12.8 Å². The van der Waals surface area contributed by atoms with E-state index in [1.807, 2.05) is 38.1 Å². The number of amides is 1. The number of rotatable bonds is 6. The van der Waals surface area contributed by atoms with Gasteiger partial charge in [-0.15, -0.1) is 0 Å². The van der Waals surface area contributed by atoms with Crippen LogP contribution >= 0.6 is 0 Å². The van der Waals surface area contributed by atoms with E-state index in [0.29, 0.717) is 29.0 Å². The molecule has 1 aliphatic heterocycles. The Morgan fingerprint density at radius 1 is 1.14 bits per heavy atom. The van der Waals surface area contributed by atoms with Crippen LogP contribution in [0.1, 0.15) is 70.9 Å². The van der Waals surface area contributed by atoms with Gasteiger partial charge in [-0.2, -0.15) is 5.26 Å². The lowest BCUT2D eigenvalue weighted by molar-refractivity contribution is -0.145. The fourth-order valence-electron chi connectivity index (χ4n) is 5.88. The molecule has 1 spiro atoms. The number of hydrogen-bond acceptors (Lipinski definition) is 5. The monoisotopic (exact) mass is 470 g/mol. The van der Waals surface area contributed by atoms with Gasteiger partial charge < -0.3 is 4.90 Å². The average molecular weight is 471 g/mol. The smallest absolute Gasteiger partial charge is 0.226 e. The third-order valence-electron chi connectivity index (χ3n) is 8.39. The zero-order valence-corrected chi connectivity index (χ0v) is 21.0. The van der Waals surface area contributed by atoms with Crippen LogP contribution in [-0.2, 0) is 17.8 Å². The van der Waals surface area contributed by atoms with Crippen molar-refractivity contribution in [2.45, 2.75) is 65.5 Å². The molecule has 2 aromatic rings. The van der Waals surface area contributed by atoms with Crippen molar-refractivity contribution >= 4 is 11.7 Å². The van der Waals surface area contributed by atoms with E-state index >= 15 is 0 Å². The standard InChI is InChI=1S/C29H34N4O2/c1-19-4-5-23(16-31-19)27(34)12-24-10-22(15-30)11-25(21(24)3)18-32-8-9-33(20(2)17-32)28(35)26-13-29(14-26)6-7-29/h4-5,10-11,16,20,26H,6-9,12-14,17-18H2,1-3H3/t20-/m0/s1. The number of hydrogen-bond donors (Lipinski definition) is 0. The van der Waals surface area contributed by atoms with Gasteiger partial charge in [0.1, 0.15) is 0 Å². The largest absolute Gasteiger partial charge is 0.337 e. The minimum atomic E-state index is 0.00589. The van der Waals surface area contributed by atoms with Gasteiger partial charge in [0.05, 0.1) is 11.6 Å². The number of Topliss-reactive ketones (excluding diaryl/α,β-unsaturated/α-hetero) is 1. The molecule has 1 amide bonds. The lowest BCUT2D eigenvalue weighted by Crippen LogP contribution is -2.56. The second-order valence-electron chi connectivity index (χ2n) is 11.0. The Labute approximate surface area is 207 Å². The average Bonchev–Trinajstić information content (AvgIpc) is 3.62. The first-order chi connectivity index (χ1) is 16.8. The molecule has 2 aliphatic carbocycles. The van der Waals surface area contributed by atoms with Crippen molar-refractivity contribution in [1.82, 2.24) is 14.8 Å². The molecule has 6 heteroatoms. The summed E-state index contributed by atoms with van der Waals surface area (Å²) < 4.78 is 0. The highest BCUT2D eigenvalue weighted by Gasteiger charge is 2.55. The molecule has 0 bridgehead atoms. The summed E-state index contributed by atoms with van der Waals surface area (Å²) in [4.78, 5) is 34.6. The van der Waals surface area contributed by atoms with Crippen molar-refractivity contribution < 1.29 is 9.59 Å². The number of nitriles is 1. The summed E-state index contributed by atoms with van der Waals surface area (Å²) >= 11 is 0. The number of carbonyl (C=O) groups is 2. The number of aryl methyl sites for hydroxylation is 1. The Hall–Kier alpha value is -3.04. The van der Waals surface area contributed by atoms with Crippen LogP contribution in [0.2, 0.25) is 0 Å². The van der Waals surface area contributed by atoms with Crippen molar-refractivity contribution in [3.8, 4) is 6.07 Å². The lowest BCUT2D eigenvalue weighted by atomic mass is 9.71. The second kappa shape index (κ2) is 9.20. The highest BCUT2D eigenvalue weighted by molar-refractivity contribution is 5.97. The summed E-state index contributed by atoms with van der Waals surface area (Å²) in [5.41, 5.74) is 5.63. The van der Waals surface area contributed by atoms with Crippen molar-refractivity contribution in [2.75, 3.05) is 19.6 Å². The molecule has 2 saturated carbocycles. The summed E-state index contributed by atoms with van der Waals surface area (Å²) in [5.74, 6) is 0.597. The molecule has 182 valence electrons. The fourth-order valence-corrected chi connectivity index (χ4v) is 5.88. The predicted octanol–water partition coefficient (Wildman–Crippen LogP) is 4.22. The molecule has 1 aromatic heterocycles. The number of benzene rings is 1. The number of carbonyl (C=O) groups excluding carboxylic acids is 2. The SMILES string of the molecule is Cc1ccc(C(=O)Cc2cc(C#N)cc(CN3CCN(C(=O)C4CC5(CC5)C4)[C@@H](C)C3)c2C)cn1. The molecule has 1 atom stereocenters. The van der Waals surface area contributed by atoms with Crippen molar-refractivity contribution in [3.63, 3.8) is 0 Å². The maximum Gasteiger partial charge on any atom is 0.226 e. The van der Waals surface area contributed by atoms with Crippen LogP contribution in [0.25, 0.3) is 0 Å². The fraction of sp³-hybridized carbons (Fsp3) is 0.517. The maximum atomic E-state index is 13.0. The predicted molar refractivity (Wildman–Crippen MR) is 134 cm³/mol.